The minimum Gasteiger partial charge on any atom is -0.493 e. The minimum atomic E-state index is 0.661. The second kappa shape index (κ2) is 5.65. The quantitative estimate of drug-likeness (QED) is 0.512. The Morgan fingerprint density at radius 2 is 2.36 bits per heavy atom. The van der Waals surface area contributed by atoms with Crippen molar-refractivity contribution in [3.63, 3.8) is 0 Å². The van der Waals surface area contributed by atoms with Crippen LogP contribution in [0, 0.1) is 0 Å². The molecular weight excluding hydrogens is 246 g/mol. The molecule has 0 atom stereocenters. The van der Waals surface area contributed by atoms with Crippen LogP contribution in [-0.2, 0) is 0 Å². The van der Waals surface area contributed by atoms with E-state index >= 15 is 0 Å². The monoisotopic (exact) mass is 257 g/mol. The van der Waals surface area contributed by atoms with Crippen LogP contribution < -0.4 is 4.74 Å². The second-order valence-electron chi connectivity index (χ2n) is 2.78. The average Bonchev–Trinajstić information content (AvgIpc) is 2.17. The van der Waals surface area contributed by atoms with Gasteiger partial charge in [-0.15, -0.1) is 0 Å². The van der Waals surface area contributed by atoms with Crippen molar-refractivity contribution in [2.24, 2.45) is 5.16 Å². The Morgan fingerprint density at radius 3 is 3.00 bits per heavy atom. The average molecular weight is 258 g/mol. The summed E-state index contributed by atoms with van der Waals surface area (Å²) in [4.78, 5) is 0. The summed E-state index contributed by atoms with van der Waals surface area (Å²) in [6, 6.07) is 5.57. The van der Waals surface area contributed by atoms with Crippen molar-refractivity contribution in [3.8, 4) is 5.75 Å². The van der Waals surface area contributed by atoms with Gasteiger partial charge in [0.2, 0.25) is 0 Å². The number of nitrogens with zero attached hydrogens (tertiary/aromatic N) is 1. The molecule has 1 N–H and O–H groups in total. The maximum Gasteiger partial charge on any atom is 0.128 e. The van der Waals surface area contributed by atoms with Crippen LogP contribution in [0.3, 0.4) is 0 Å². The van der Waals surface area contributed by atoms with Gasteiger partial charge in [-0.3, -0.25) is 0 Å². The van der Waals surface area contributed by atoms with E-state index in [2.05, 4.69) is 21.1 Å². The molecular formula is C10H12BrNO2. The summed E-state index contributed by atoms with van der Waals surface area (Å²) < 4.78 is 6.40. The molecule has 0 aliphatic carbocycles. The Balaban J connectivity index is 2.90. The minimum absolute atomic E-state index is 0.661. The molecule has 1 aromatic carbocycles. The molecule has 0 aliphatic heterocycles. The summed E-state index contributed by atoms with van der Waals surface area (Å²) in [6.45, 7) is 2.70. The highest BCUT2D eigenvalue weighted by atomic mass is 79.9. The van der Waals surface area contributed by atoms with Crippen LogP contribution in [-0.4, -0.2) is 18.0 Å². The smallest absolute Gasteiger partial charge is 0.128 e. The molecule has 0 saturated carbocycles. The van der Waals surface area contributed by atoms with E-state index in [4.69, 9.17) is 9.94 Å². The van der Waals surface area contributed by atoms with Gasteiger partial charge in [-0.1, -0.05) is 28.0 Å². The van der Waals surface area contributed by atoms with Crippen LogP contribution in [0.15, 0.2) is 27.8 Å². The van der Waals surface area contributed by atoms with Gasteiger partial charge in [0.15, 0.2) is 0 Å². The first-order valence-electron chi connectivity index (χ1n) is 4.37. The second-order valence-corrected chi connectivity index (χ2v) is 3.69. The maximum atomic E-state index is 8.46. The van der Waals surface area contributed by atoms with Gasteiger partial charge in [0, 0.05) is 10.0 Å². The fraction of sp³-hybridized carbons (Fsp3) is 0.300. The van der Waals surface area contributed by atoms with Gasteiger partial charge in [-0.2, -0.15) is 0 Å². The zero-order chi connectivity index (χ0) is 10.4. The van der Waals surface area contributed by atoms with Gasteiger partial charge in [0.05, 0.1) is 12.8 Å². The third-order valence-electron chi connectivity index (χ3n) is 1.63. The van der Waals surface area contributed by atoms with E-state index < -0.39 is 0 Å². The summed E-state index contributed by atoms with van der Waals surface area (Å²) in [7, 11) is 0. The number of oxime groups is 1. The van der Waals surface area contributed by atoms with E-state index in [-0.39, 0.29) is 0 Å². The van der Waals surface area contributed by atoms with E-state index in [1.165, 1.54) is 6.21 Å². The van der Waals surface area contributed by atoms with Crippen molar-refractivity contribution < 1.29 is 9.94 Å². The van der Waals surface area contributed by atoms with Crippen LogP contribution >= 0.6 is 15.9 Å². The number of hydrogen-bond donors (Lipinski definition) is 1. The largest absolute Gasteiger partial charge is 0.493 e. The summed E-state index contributed by atoms with van der Waals surface area (Å²) in [5.41, 5.74) is 0.760. The van der Waals surface area contributed by atoms with Crippen LogP contribution in [0.2, 0.25) is 0 Å². The molecule has 0 aromatic heterocycles. The van der Waals surface area contributed by atoms with Crippen LogP contribution in [0.1, 0.15) is 18.9 Å². The molecule has 14 heavy (non-hydrogen) atoms. The Kier molecular flexibility index (Phi) is 4.46. The zero-order valence-electron chi connectivity index (χ0n) is 7.90. The summed E-state index contributed by atoms with van der Waals surface area (Å²) >= 11 is 3.34. The van der Waals surface area contributed by atoms with Gasteiger partial charge >= 0.3 is 0 Å². The normalized spacial score (nSPS) is 10.7. The standard InChI is InChI=1S/C10H12BrNO2/c1-2-5-14-10-4-3-9(11)6-8(10)7-12-13/h3-4,6-7,13H,2,5H2,1H3/b12-7+. The summed E-state index contributed by atoms with van der Waals surface area (Å²) in [5.74, 6) is 0.729. The summed E-state index contributed by atoms with van der Waals surface area (Å²) in [5, 5.41) is 11.4. The number of rotatable bonds is 4. The molecule has 0 aliphatic rings. The van der Waals surface area contributed by atoms with Crippen molar-refractivity contribution in [1.82, 2.24) is 0 Å². The van der Waals surface area contributed by atoms with E-state index in [1.54, 1.807) is 0 Å². The van der Waals surface area contributed by atoms with Crippen molar-refractivity contribution >= 4 is 22.1 Å². The lowest BCUT2D eigenvalue weighted by Crippen LogP contribution is -1.98. The third-order valence-corrected chi connectivity index (χ3v) is 2.12. The Morgan fingerprint density at radius 1 is 1.57 bits per heavy atom. The molecule has 0 saturated heterocycles. The van der Waals surface area contributed by atoms with Crippen molar-refractivity contribution in [2.45, 2.75) is 13.3 Å². The molecule has 4 heteroatoms. The Labute approximate surface area is 91.5 Å². The number of ether oxygens (including phenoxy) is 1. The topological polar surface area (TPSA) is 41.8 Å². The molecule has 0 fully saturated rings. The van der Waals surface area contributed by atoms with E-state index in [0.717, 1.165) is 22.2 Å². The lowest BCUT2D eigenvalue weighted by atomic mass is 10.2. The maximum absolute atomic E-state index is 8.46. The van der Waals surface area contributed by atoms with E-state index in [1.807, 2.05) is 25.1 Å². The molecule has 0 amide bonds. The third kappa shape index (κ3) is 3.03. The molecule has 0 bridgehead atoms. The number of benzene rings is 1. The molecule has 0 radical (unpaired) electrons. The molecule has 1 aromatic rings. The van der Waals surface area contributed by atoms with Gasteiger partial charge < -0.3 is 9.94 Å². The molecule has 0 heterocycles. The predicted octanol–water partition coefficient (Wildman–Crippen LogP) is 3.05. The highest BCUT2D eigenvalue weighted by molar-refractivity contribution is 9.10. The fourth-order valence-electron chi connectivity index (χ4n) is 1.03. The summed E-state index contributed by atoms with van der Waals surface area (Å²) in [6.07, 6.45) is 2.31. The predicted molar refractivity (Wildman–Crippen MR) is 59.3 cm³/mol. The van der Waals surface area contributed by atoms with Crippen molar-refractivity contribution in [1.29, 1.82) is 0 Å². The highest BCUT2D eigenvalue weighted by Gasteiger charge is 2.01. The van der Waals surface area contributed by atoms with Crippen LogP contribution in [0.5, 0.6) is 5.75 Å². The lowest BCUT2D eigenvalue weighted by Gasteiger charge is -2.07. The van der Waals surface area contributed by atoms with Gasteiger partial charge in [0.1, 0.15) is 5.75 Å². The fourth-order valence-corrected chi connectivity index (χ4v) is 1.40. The van der Waals surface area contributed by atoms with E-state index in [9.17, 15) is 0 Å². The van der Waals surface area contributed by atoms with Gasteiger partial charge in [-0.25, -0.2) is 0 Å². The van der Waals surface area contributed by atoms with Crippen LogP contribution in [0.4, 0.5) is 0 Å². The van der Waals surface area contributed by atoms with Crippen molar-refractivity contribution in [3.05, 3.63) is 28.2 Å². The first kappa shape index (κ1) is 11.0. The zero-order valence-corrected chi connectivity index (χ0v) is 9.49. The van der Waals surface area contributed by atoms with Crippen molar-refractivity contribution in [2.75, 3.05) is 6.61 Å². The van der Waals surface area contributed by atoms with Gasteiger partial charge in [0.25, 0.3) is 0 Å². The lowest BCUT2D eigenvalue weighted by molar-refractivity contribution is 0.313. The first-order chi connectivity index (χ1) is 6.77. The van der Waals surface area contributed by atoms with Gasteiger partial charge in [-0.05, 0) is 24.6 Å². The molecule has 0 unspecified atom stereocenters. The number of halogens is 1. The SMILES string of the molecule is CCCOc1ccc(Br)cc1/C=N/O. The van der Waals surface area contributed by atoms with Crippen LogP contribution in [0.25, 0.3) is 0 Å². The Hall–Kier alpha value is -1.03. The number of hydrogen-bond acceptors (Lipinski definition) is 3. The molecule has 3 nitrogen and oxygen atoms in total. The molecule has 0 spiro atoms. The molecule has 76 valence electrons. The highest BCUT2D eigenvalue weighted by Crippen LogP contribution is 2.21. The Bertz CT molecular complexity index is 326. The van der Waals surface area contributed by atoms with E-state index in [0.29, 0.717) is 6.61 Å². The first-order valence-corrected chi connectivity index (χ1v) is 5.17. The molecule has 1 rings (SSSR count).